The minimum Gasteiger partial charge on any atom is -0.316 e. The molecule has 140 valence electrons. The van der Waals surface area contributed by atoms with Crippen LogP contribution in [0, 0.1) is 0 Å². The smallest absolute Gasteiger partial charge is 0.190 e. The second-order valence-electron chi connectivity index (χ2n) is 6.79. The van der Waals surface area contributed by atoms with Crippen LogP contribution in [0.4, 0.5) is 5.69 Å². The van der Waals surface area contributed by atoms with E-state index in [4.69, 9.17) is 4.99 Å². The summed E-state index contributed by atoms with van der Waals surface area (Å²) in [5, 5.41) is 2.23. The van der Waals surface area contributed by atoms with E-state index in [0.717, 1.165) is 29.9 Å². The lowest BCUT2D eigenvalue weighted by Gasteiger charge is -2.10. The molecule has 0 aliphatic rings. The molecule has 0 saturated carbocycles. The summed E-state index contributed by atoms with van der Waals surface area (Å²) in [6.07, 6.45) is 2.05. The van der Waals surface area contributed by atoms with Crippen molar-refractivity contribution in [1.29, 1.82) is 0 Å². The third-order valence-corrected chi connectivity index (χ3v) is 5.77. The fourth-order valence-corrected chi connectivity index (χ4v) is 4.23. The Morgan fingerprint density at radius 2 is 1.46 bits per heavy atom. The summed E-state index contributed by atoms with van der Waals surface area (Å²) in [6.45, 7) is 3.10. The largest absolute Gasteiger partial charge is 0.316 e. The van der Waals surface area contributed by atoms with Crippen LogP contribution in [0.25, 0.3) is 11.3 Å². The van der Waals surface area contributed by atoms with Crippen molar-refractivity contribution in [2.24, 2.45) is 4.99 Å². The Hall–Kier alpha value is -2.91. The average molecular weight is 385 g/mol. The summed E-state index contributed by atoms with van der Waals surface area (Å²) in [5.41, 5.74) is 6.18. The number of hydrogen-bond donors (Lipinski definition) is 0. The third-order valence-electron chi connectivity index (χ3n) is 4.90. The molecular weight excluding hydrogens is 360 g/mol. The maximum Gasteiger partial charge on any atom is 0.190 e. The molecule has 28 heavy (non-hydrogen) atoms. The van der Waals surface area contributed by atoms with Gasteiger partial charge in [-0.1, -0.05) is 79.7 Å². The van der Waals surface area contributed by atoms with E-state index in [1.54, 1.807) is 11.3 Å². The number of rotatable bonds is 6. The van der Waals surface area contributed by atoms with Gasteiger partial charge in [-0.05, 0) is 41.7 Å². The Morgan fingerprint density at radius 1 is 0.786 bits per heavy atom. The second kappa shape index (κ2) is 8.85. The van der Waals surface area contributed by atoms with Crippen molar-refractivity contribution in [3.8, 4) is 11.3 Å². The maximum atomic E-state index is 4.91. The molecule has 0 saturated heterocycles. The highest BCUT2D eigenvalue weighted by Crippen LogP contribution is 2.22. The molecule has 0 unspecified atom stereocenters. The van der Waals surface area contributed by atoms with Gasteiger partial charge in [0.1, 0.15) is 0 Å². The quantitative estimate of drug-likeness (QED) is 0.374. The van der Waals surface area contributed by atoms with Gasteiger partial charge in [-0.3, -0.25) is 0 Å². The van der Waals surface area contributed by atoms with Crippen LogP contribution in [-0.4, -0.2) is 4.57 Å². The summed E-state index contributed by atoms with van der Waals surface area (Å²) in [4.78, 5) is 5.95. The van der Waals surface area contributed by atoms with E-state index >= 15 is 0 Å². The van der Waals surface area contributed by atoms with Crippen molar-refractivity contribution in [3.05, 3.63) is 106 Å². The molecule has 0 aliphatic carbocycles. The molecule has 1 heterocycles. The molecule has 0 amide bonds. The summed E-state index contributed by atoms with van der Waals surface area (Å²) in [7, 11) is 0. The van der Waals surface area contributed by atoms with Crippen molar-refractivity contribution in [1.82, 2.24) is 4.57 Å². The van der Waals surface area contributed by atoms with Gasteiger partial charge in [0.25, 0.3) is 0 Å². The number of aryl methyl sites for hydroxylation is 2. The van der Waals surface area contributed by atoms with E-state index < -0.39 is 0 Å². The molecule has 0 aliphatic heterocycles. The van der Waals surface area contributed by atoms with E-state index in [1.165, 1.54) is 22.4 Å². The molecule has 0 spiro atoms. The molecule has 0 N–H and O–H groups in total. The standard InChI is InChI=1S/C25H24N2S/c1-2-20-13-15-22(16-14-20)24-19-28-25(26-23-11-7-4-8-12-23)27(24)18-17-21-9-5-3-6-10-21/h3-16,19H,2,17-18H2,1H3. The first-order valence-electron chi connectivity index (χ1n) is 9.75. The minimum atomic E-state index is 0.907. The van der Waals surface area contributed by atoms with E-state index in [9.17, 15) is 0 Å². The zero-order valence-electron chi connectivity index (χ0n) is 16.1. The highest BCUT2D eigenvalue weighted by molar-refractivity contribution is 7.07. The van der Waals surface area contributed by atoms with Crippen LogP contribution < -0.4 is 4.80 Å². The van der Waals surface area contributed by atoms with Crippen molar-refractivity contribution in [3.63, 3.8) is 0 Å². The van der Waals surface area contributed by atoms with Crippen molar-refractivity contribution < 1.29 is 0 Å². The zero-order valence-corrected chi connectivity index (χ0v) is 16.9. The number of hydrogen-bond acceptors (Lipinski definition) is 2. The first-order chi connectivity index (χ1) is 13.8. The van der Waals surface area contributed by atoms with E-state index in [0.29, 0.717) is 0 Å². The topological polar surface area (TPSA) is 17.3 Å². The van der Waals surface area contributed by atoms with Crippen LogP contribution in [0.1, 0.15) is 18.1 Å². The first-order valence-corrected chi connectivity index (χ1v) is 10.6. The minimum absolute atomic E-state index is 0.907. The van der Waals surface area contributed by atoms with E-state index in [2.05, 4.69) is 83.6 Å². The summed E-state index contributed by atoms with van der Waals surface area (Å²) in [6, 6.07) is 29.8. The monoisotopic (exact) mass is 384 g/mol. The number of para-hydroxylation sites is 1. The Kier molecular flexibility index (Phi) is 5.83. The fourth-order valence-electron chi connectivity index (χ4n) is 3.28. The summed E-state index contributed by atoms with van der Waals surface area (Å²) >= 11 is 1.71. The van der Waals surface area contributed by atoms with Crippen LogP contribution in [0.3, 0.4) is 0 Å². The summed E-state index contributed by atoms with van der Waals surface area (Å²) in [5.74, 6) is 0. The molecular formula is C25H24N2S. The molecule has 3 heteroatoms. The van der Waals surface area contributed by atoms with E-state index in [1.807, 2.05) is 18.2 Å². The van der Waals surface area contributed by atoms with Crippen LogP contribution in [0.15, 0.2) is 95.3 Å². The van der Waals surface area contributed by atoms with Gasteiger partial charge in [-0.2, -0.15) is 0 Å². The molecule has 4 aromatic rings. The molecule has 3 aromatic carbocycles. The molecule has 0 atom stereocenters. The maximum absolute atomic E-state index is 4.91. The van der Waals surface area contributed by atoms with Crippen LogP contribution in [-0.2, 0) is 19.4 Å². The molecule has 1 aromatic heterocycles. The highest BCUT2D eigenvalue weighted by Gasteiger charge is 2.09. The van der Waals surface area contributed by atoms with Crippen LogP contribution in [0.2, 0.25) is 0 Å². The average Bonchev–Trinajstić information content (AvgIpc) is 3.16. The van der Waals surface area contributed by atoms with Crippen LogP contribution in [0.5, 0.6) is 0 Å². The Balaban J connectivity index is 1.74. The van der Waals surface area contributed by atoms with Gasteiger partial charge in [0.15, 0.2) is 4.80 Å². The molecule has 2 nitrogen and oxygen atoms in total. The van der Waals surface area contributed by atoms with Gasteiger partial charge in [0.2, 0.25) is 0 Å². The van der Waals surface area contributed by atoms with Gasteiger partial charge in [-0.15, -0.1) is 11.3 Å². The van der Waals surface area contributed by atoms with Gasteiger partial charge < -0.3 is 4.57 Å². The lowest BCUT2D eigenvalue weighted by molar-refractivity contribution is 0.684. The number of benzene rings is 3. The molecule has 0 radical (unpaired) electrons. The van der Waals surface area contributed by atoms with Crippen molar-refractivity contribution in [2.45, 2.75) is 26.3 Å². The zero-order chi connectivity index (χ0) is 19.2. The van der Waals surface area contributed by atoms with Crippen molar-refractivity contribution in [2.75, 3.05) is 0 Å². The number of aromatic nitrogens is 1. The molecule has 4 rings (SSSR count). The first kappa shape index (κ1) is 18.5. The van der Waals surface area contributed by atoms with Crippen LogP contribution >= 0.6 is 11.3 Å². The normalized spacial score (nSPS) is 11.7. The number of thiazole rings is 1. The van der Waals surface area contributed by atoms with Gasteiger partial charge >= 0.3 is 0 Å². The van der Waals surface area contributed by atoms with Gasteiger partial charge in [0.05, 0.1) is 11.4 Å². The Morgan fingerprint density at radius 3 is 2.14 bits per heavy atom. The second-order valence-corrected chi connectivity index (χ2v) is 7.63. The number of nitrogens with zero attached hydrogens (tertiary/aromatic N) is 2. The van der Waals surface area contributed by atoms with Gasteiger partial charge in [0, 0.05) is 11.9 Å². The van der Waals surface area contributed by atoms with Crippen molar-refractivity contribution >= 4 is 17.0 Å². The summed E-state index contributed by atoms with van der Waals surface area (Å²) < 4.78 is 2.35. The predicted octanol–water partition coefficient (Wildman–Crippen LogP) is 6.25. The lowest BCUT2D eigenvalue weighted by atomic mass is 10.1. The van der Waals surface area contributed by atoms with Gasteiger partial charge in [-0.25, -0.2) is 4.99 Å². The predicted molar refractivity (Wildman–Crippen MR) is 119 cm³/mol. The highest BCUT2D eigenvalue weighted by atomic mass is 32.1. The lowest BCUT2D eigenvalue weighted by Crippen LogP contribution is -2.17. The Bertz CT molecular complexity index is 1070. The SMILES string of the molecule is CCc1ccc(-c2csc(=Nc3ccccc3)n2CCc2ccccc2)cc1. The Labute approximate surface area is 170 Å². The third kappa shape index (κ3) is 4.32. The fraction of sp³-hybridized carbons (Fsp3) is 0.160. The molecule has 0 bridgehead atoms. The van der Waals surface area contributed by atoms with E-state index in [-0.39, 0.29) is 0 Å². The molecule has 0 fully saturated rings.